The second-order valence-electron chi connectivity index (χ2n) is 5.83. The van der Waals surface area contributed by atoms with Gasteiger partial charge in [0.2, 0.25) is 15.9 Å². The highest BCUT2D eigenvalue weighted by atomic mass is 35.5. The van der Waals surface area contributed by atoms with Crippen molar-refractivity contribution in [3.63, 3.8) is 0 Å². The predicted octanol–water partition coefficient (Wildman–Crippen LogP) is 3.11. The Morgan fingerprint density at radius 3 is 2.58 bits per heavy atom. The number of hydrogen-bond donors (Lipinski definition) is 0. The molecule has 1 aromatic heterocycles. The van der Waals surface area contributed by atoms with Crippen molar-refractivity contribution >= 4 is 21.6 Å². The molecule has 0 atom stereocenters. The fourth-order valence-electron chi connectivity index (χ4n) is 2.78. The molecule has 9 heteroatoms. The molecule has 0 bridgehead atoms. The third-order valence-electron chi connectivity index (χ3n) is 4.13. The van der Waals surface area contributed by atoms with Gasteiger partial charge in [0.15, 0.2) is 0 Å². The Labute approximate surface area is 156 Å². The lowest BCUT2D eigenvalue weighted by Crippen LogP contribution is -2.41. The van der Waals surface area contributed by atoms with Crippen molar-refractivity contribution < 1.29 is 22.3 Å². The molecule has 0 radical (unpaired) electrons. The third-order valence-corrected chi connectivity index (χ3v) is 6.28. The fourth-order valence-corrected chi connectivity index (χ4v) is 4.53. The molecular formula is C17H18ClFN2O4S. The van der Waals surface area contributed by atoms with Crippen LogP contribution in [0.5, 0.6) is 11.6 Å². The maximum Gasteiger partial charge on any atom is 0.246 e. The average molecular weight is 401 g/mol. The minimum absolute atomic E-state index is 0.120. The van der Waals surface area contributed by atoms with Crippen LogP contribution in [0.25, 0.3) is 0 Å². The Morgan fingerprint density at radius 1 is 1.23 bits per heavy atom. The number of pyridine rings is 1. The molecule has 1 aliphatic heterocycles. The molecule has 0 unspecified atom stereocenters. The monoisotopic (exact) mass is 400 g/mol. The summed E-state index contributed by atoms with van der Waals surface area (Å²) in [6.07, 6.45) is 2.35. The second kappa shape index (κ2) is 7.77. The summed E-state index contributed by atoms with van der Waals surface area (Å²) in [7, 11) is -2.50. The first-order valence-electron chi connectivity index (χ1n) is 8.02. The summed E-state index contributed by atoms with van der Waals surface area (Å²) >= 11 is 5.79. The Kier molecular flexibility index (Phi) is 5.64. The number of aromatic nitrogens is 1. The quantitative estimate of drug-likeness (QED) is 0.771. The molecular weight excluding hydrogens is 383 g/mol. The highest BCUT2D eigenvalue weighted by Gasteiger charge is 2.32. The van der Waals surface area contributed by atoms with Gasteiger partial charge in [0.1, 0.15) is 22.6 Å². The minimum Gasteiger partial charge on any atom is -0.495 e. The molecule has 0 aliphatic carbocycles. The highest BCUT2D eigenvalue weighted by Crippen LogP contribution is 2.30. The van der Waals surface area contributed by atoms with Gasteiger partial charge in [-0.3, -0.25) is 0 Å². The lowest BCUT2D eigenvalue weighted by Gasteiger charge is -2.31. The molecule has 26 heavy (non-hydrogen) atoms. The van der Waals surface area contributed by atoms with Gasteiger partial charge in [-0.05, 0) is 37.1 Å². The number of rotatable bonds is 5. The van der Waals surface area contributed by atoms with E-state index in [1.165, 1.54) is 23.7 Å². The van der Waals surface area contributed by atoms with Gasteiger partial charge in [0.05, 0.1) is 12.1 Å². The van der Waals surface area contributed by atoms with Crippen molar-refractivity contribution in [1.29, 1.82) is 0 Å². The first-order chi connectivity index (χ1) is 12.4. The van der Waals surface area contributed by atoms with E-state index >= 15 is 0 Å². The van der Waals surface area contributed by atoms with E-state index in [0.717, 1.165) is 12.1 Å². The molecule has 0 amide bonds. The fraction of sp³-hybridized carbons (Fsp3) is 0.353. The minimum atomic E-state index is -3.85. The first kappa shape index (κ1) is 18.9. The molecule has 1 aliphatic rings. The lowest BCUT2D eigenvalue weighted by molar-refractivity contribution is 0.130. The van der Waals surface area contributed by atoms with Crippen LogP contribution in [0.4, 0.5) is 4.39 Å². The molecule has 3 rings (SSSR count). The van der Waals surface area contributed by atoms with E-state index in [4.69, 9.17) is 21.1 Å². The van der Waals surface area contributed by atoms with Crippen LogP contribution in [0.2, 0.25) is 5.02 Å². The van der Waals surface area contributed by atoms with Crippen LogP contribution in [-0.4, -0.2) is 44.0 Å². The summed E-state index contributed by atoms with van der Waals surface area (Å²) in [5, 5.41) is 0.516. The summed E-state index contributed by atoms with van der Waals surface area (Å²) in [4.78, 5) is 3.91. The third kappa shape index (κ3) is 4.08. The predicted molar refractivity (Wildman–Crippen MR) is 94.6 cm³/mol. The Morgan fingerprint density at radius 2 is 1.96 bits per heavy atom. The van der Waals surface area contributed by atoms with Crippen molar-refractivity contribution in [3.05, 3.63) is 47.4 Å². The summed E-state index contributed by atoms with van der Waals surface area (Å²) < 4.78 is 51.4. The number of ether oxygens (including phenoxy) is 2. The average Bonchev–Trinajstić information content (AvgIpc) is 2.64. The molecule has 1 saturated heterocycles. The molecule has 6 nitrogen and oxygen atoms in total. The molecule has 1 fully saturated rings. The van der Waals surface area contributed by atoms with Crippen molar-refractivity contribution in [2.75, 3.05) is 20.2 Å². The largest absolute Gasteiger partial charge is 0.495 e. The maximum absolute atomic E-state index is 13.5. The number of methoxy groups -OCH3 is 1. The molecule has 140 valence electrons. The Hall–Kier alpha value is -1.90. The van der Waals surface area contributed by atoms with Gasteiger partial charge in [-0.15, -0.1) is 0 Å². The van der Waals surface area contributed by atoms with Crippen LogP contribution in [0, 0.1) is 5.82 Å². The van der Waals surface area contributed by atoms with Crippen LogP contribution >= 0.6 is 11.6 Å². The topological polar surface area (TPSA) is 68.7 Å². The maximum atomic E-state index is 13.5. The summed E-state index contributed by atoms with van der Waals surface area (Å²) in [6.45, 7) is 0.528. The van der Waals surface area contributed by atoms with Crippen LogP contribution in [0.3, 0.4) is 0 Å². The summed E-state index contributed by atoms with van der Waals surface area (Å²) in [5.74, 6) is -0.0611. The smallest absolute Gasteiger partial charge is 0.246 e. The van der Waals surface area contributed by atoms with Crippen LogP contribution in [0.15, 0.2) is 41.4 Å². The summed E-state index contributed by atoms with van der Waals surface area (Å²) in [5.41, 5.74) is 0. The van der Waals surface area contributed by atoms with E-state index < -0.39 is 15.8 Å². The normalized spacial score (nSPS) is 16.4. The van der Waals surface area contributed by atoms with E-state index in [9.17, 15) is 12.8 Å². The van der Waals surface area contributed by atoms with Gasteiger partial charge in [-0.1, -0.05) is 11.6 Å². The highest BCUT2D eigenvalue weighted by molar-refractivity contribution is 7.89. The lowest BCUT2D eigenvalue weighted by atomic mass is 10.1. The zero-order valence-corrected chi connectivity index (χ0v) is 15.6. The van der Waals surface area contributed by atoms with Crippen LogP contribution in [0.1, 0.15) is 12.8 Å². The summed E-state index contributed by atoms with van der Waals surface area (Å²) in [6, 6.07) is 6.80. The standard InChI is InChI=1S/C17H18ClFN2O4S/c1-24-15-4-3-13(19)10-16(15)26(22,23)21-8-6-14(7-9-21)25-17-5-2-12(18)11-20-17/h2-5,10-11,14H,6-9H2,1H3. The second-order valence-corrected chi connectivity index (χ2v) is 8.17. The van der Waals surface area contributed by atoms with Crippen molar-refractivity contribution in [2.24, 2.45) is 0 Å². The molecule has 0 saturated carbocycles. The zero-order chi connectivity index (χ0) is 18.7. The SMILES string of the molecule is COc1ccc(F)cc1S(=O)(=O)N1CCC(Oc2ccc(Cl)cn2)CC1. The van der Waals surface area contributed by atoms with Gasteiger partial charge >= 0.3 is 0 Å². The number of nitrogens with zero attached hydrogens (tertiary/aromatic N) is 2. The van der Waals surface area contributed by atoms with Gasteiger partial charge in [0, 0.05) is 25.4 Å². The number of sulfonamides is 1. The number of halogens is 2. The van der Waals surface area contributed by atoms with Gasteiger partial charge < -0.3 is 9.47 Å². The van der Waals surface area contributed by atoms with Gasteiger partial charge in [-0.25, -0.2) is 17.8 Å². The molecule has 0 spiro atoms. The van der Waals surface area contributed by atoms with Crippen molar-refractivity contribution in [3.8, 4) is 11.6 Å². The van der Waals surface area contributed by atoms with Crippen LogP contribution < -0.4 is 9.47 Å². The molecule has 2 heterocycles. The first-order valence-corrected chi connectivity index (χ1v) is 9.84. The Balaban J connectivity index is 1.69. The zero-order valence-electron chi connectivity index (χ0n) is 14.1. The van der Waals surface area contributed by atoms with E-state index in [0.29, 0.717) is 23.7 Å². The van der Waals surface area contributed by atoms with Crippen molar-refractivity contribution in [2.45, 2.75) is 23.8 Å². The van der Waals surface area contributed by atoms with Crippen LogP contribution in [-0.2, 0) is 10.0 Å². The number of hydrogen-bond acceptors (Lipinski definition) is 5. The van der Waals surface area contributed by atoms with E-state index in [1.54, 1.807) is 12.1 Å². The molecule has 2 aromatic rings. The van der Waals surface area contributed by atoms with Gasteiger partial charge in [-0.2, -0.15) is 4.31 Å². The molecule has 0 N–H and O–H groups in total. The van der Waals surface area contributed by atoms with Gasteiger partial charge in [0.25, 0.3) is 0 Å². The van der Waals surface area contributed by atoms with E-state index in [-0.39, 0.29) is 29.8 Å². The van der Waals surface area contributed by atoms with Crippen molar-refractivity contribution in [1.82, 2.24) is 9.29 Å². The Bertz CT molecular complexity index is 869. The van der Waals surface area contributed by atoms with E-state index in [2.05, 4.69) is 4.98 Å². The number of piperidine rings is 1. The molecule has 1 aromatic carbocycles. The van der Waals surface area contributed by atoms with E-state index in [1.807, 2.05) is 0 Å². The number of benzene rings is 1.